The second-order valence-electron chi connectivity index (χ2n) is 8.16. The third kappa shape index (κ3) is 5.93. The maximum atomic E-state index is 14.6. The van der Waals surface area contributed by atoms with Crippen LogP contribution in [0.2, 0.25) is 0 Å². The Morgan fingerprint density at radius 1 is 1.00 bits per heavy atom. The zero-order chi connectivity index (χ0) is 27.4. The Kier molecular flexibility index (Phi) is 7.95. The highest BCUT2D eigenvalue weighted by Gasteiger charge is 2.59. The fourth-order valence-corrected chi connectivity index (χ4v) is 3.99. The first kappa shape index (κ1) is 27.7. The summed E-state index contributed by atoms with van der Waals surface area (Å²) in [6.07, 6.45) is -11.5. The van der Waals surface area contributed by atoms with Crippen LogP contribution >= 0.6 is 0 Å². The van der Waals surface area contributed by atoms with E-state index in [1.807, 2.05) is 5.32 Å². The van der Waals surface area contributed by atoms with E-state index in [4.69, 9.17) is 14.2 Å². The number of benzene rings is 2. The van der Waals surface area contributed by atoms with Gasteiger partial charge in [0.25, 0.3) is 5.91 Å². The standard InChI is InChI=1S/C25H22F6N2O4/c1-35-20-9-4-15(12-21(20)36-2)18-13-23(25(29,30)31,33-22(34)19(18)14-32)16-5-7-17(8-6-16)37-11-3-10-24(26,27)28/h4-9,12H,3,10-11,13H2,1-2H3,(H,33,34). The molecule has 0 spiro atoms. The van der Waals surface area contributed by atoms with Gasteiger partial charge in [0.15, 0.2) is 17.0 Å². The molecule has 198 valence electrons. The lowest BCUT2D eigenvalue weighted by atomic mass is 9.76. The summed E-state index contributed by atoms with van der Waals surface area (Å²) in [6, 6.07) is 10.5. The SMILES string of the molecule is COc1ccc(C2=C(C#N)C(=O)NC(c3ccc(OCCCC(F)(F)F)cc3)(C(F)(F)F)C2)cc1OC. The molecule has 37 heavy (non-hydrogen) atoms. The number of halogens is 6. The first-order valence-corrected chi connectivity index (χ1v) is 10.9. The number of hydrogen-bond donors (Lipinski definition) is 1. The van der Waals surface area contributed by atoms with Crippen LogP contribution < -0.4 is 19.5 Å². The third-order valence-electron chi connectivity index (χ3n) is 5.85. The molecule has 1 unspecified atom stereocenters. The average molecular weight is 528 g/mol. The molecule has 0 aromatic heterocycles. The van der Waals surface area contributed by atoms with Crippen LogP contribution in [-0.4, -0.2) is 39.1 Å². The Hall–Kier alpha value is -3.88. The minimum atomic E-state index is -4.99. The van der Waals surface area contributed by atoms with Gasteiger partial charge in [-0.25, -0.2) is 0 Å². The van der Waals surface area contributed by atoms with Gasteiger partial charge in [-0.05, 0) is 47.4 Å². The number of carbonyl (C=O) groups is 1. The molecule has 1 heterocycles. The summed E-state index contributed by atoms with van der Waals surface area (Å²) < 4.78 is 96.2. The topological polar surface area (TPSA) is 80.6 Å². The Bertz CT molecular complexity index is 1220. The summed E-state index contributed by atoms with van der Waals surface area (Å²) in [5.74, 6) is -0.638. The van der Waals surface area contributed by atoms with Crippen LogP contribution in [0.25, 0.3) is 5.57 Å². The molecule has 0 fully saturated rings. The Morgan fingerprint density at radius 3 is 2.19 bits per heavy atom. The molecule has 0 saturated heterocycles. The number of nitrogens with one attached hydrogen (secondary N) is 1. The smallest absolute Gasteiger partial charge is 0.416 e. The first-order valence-electron chi connectivity index (χ1n) is 10.9. The van der Waals surface area contributed by atoms with Gasteiger partial charge >= 0.3 is 12.4 Å². The average Bonchev–Trinajstić information content (AvgIpc) is 2.84. The number of rotatable bonds is 8. The van der Waals surface area contributed by atoms with Gasteiger partial charge in [-0.15, -0.1) is 0 Å². The van der Waals surface area contributed by atoms with Crippen molar-refractivity contribution >= 4 is 11.5 Å². The second-order valence-corrected chi connectivity index (χ2v) is 8.16. The molecule has 1 atom stereocenters. The number of nitrogens with zero attached hydrogens (tertiary/aromatic N) is 1. The van der Waals surface area contributed by atoms with Crippen LogP contribution in [0.3, 0.4) is 0 Å². The normalized spacial score (nSPS) is 18.2. The minimum Gasteiger partial charge on any atom is -0.494 e. The monoisotopic (exact) mass is 528 g/mol. The molecule has 0 saturated carbocycles. The van der Waals surface area contributed by atoms with E-state index in [2.05, 4.69) is 0 Å². The van der Waals surface area contributed by atoms with Crippen LogP contribution in [0.1, 0.15) is 30.4 Å². The molecular formula is C25H22F6N2O4. The Labute approximate surface area is 208 Å². The van der Waals surface area contributed by atoms with Crippen LogP contribution in [-0.2, 0) is 10.3 Å². The predicted molar refractivity (Wildman–Crippen MR) is 120 cm³/mol. The van der Waals surface area contributed by atoms with Gasteiger partial charge < -0.3 is 19.5 Å². The van der Waals surface area contributed by atoms with Crippen molar-refractivity contribution in [2.24, 2.45) is 0 Å². The van der Waals surface area contributed by atoms with Crippen molar-refractivity contribution in [3.63, 3.8) is 0 Å². The second kappa shape index (κ2) is 10.6. The van der Waals surface area contributed by atoms with Crippen molar-refractivity contribution in [3.05, 3.63) is 59.2 Å². The summed E-state index contributed by atoms with van der Waals surface area (Å²) in [6.45, 7) is -0.280. The summed E-state index contributed by atoms with van der Waals surface area (Å²) in [7, 11) is 2.71. The quantitative estimate of drug-likeness (QED) is 0.352. The molecule has 12 heteroatoms. The lowest BCUT2D eigenvalue weighted by Crippen LogP contribution is -2.58. The Morgan fingerprint density at radius 2 is 1.65 bits per heavy atom. The molecule has 1 amide bonds. The number of methoxy groups -OCH3 is 2. The number of carbonyl (C=O) groups excluding carboxylic acids is 1. The summed E-state index contributed by atoms with van der Waals surface area (Å²) in [4.78, 5) is 12.8. The molecule has 1 aliphatic heterocycles. The van der Waals surface area contributed by atoms with E-state index in [1.54, 1.807) is 6.07 Å². The van der Waals surface area contributed by atoms with Gasteiger partial charge in [0.05, 0.1) is 20.8 Å². The van der Waals surface area contributed by atoms with Gasteiger partial charge in [0.2, 0.25) is 0 Å². The van der Waals surface area contributed by atoms with Gasteiger partial charge in [-0.3, -0.25) is 4.79 Å². The number of ether oxygens (including phenoxy) is 3. The van der Waals surface area contributed by atoms with E-state index in [-0.39, 0.29) is 41.2 Å². The molecule has 2 aromatic carbocycles. The zero-order valence-electron chi connectivity index (χ0n) is 19.7. The number of nitriles is 1. The lowest BCUT2D eigenvalue weighted by molar-refractivity contribution is -0.201. The fourth-order valence-electron chi connectivity index (χ4n) is 3.99. The molecule has 2 aromatic rings. The minimum absolute atomic E-state index is 0.0683. The highest BCUT2D eigenvalue weighted by Crippen LogP contribution is 2.49. The molecular weight excluding hydrogens is 506 g/mol. The van der Waals surface area contributed by atoms with Gasteiger partial charge in [-0.1, -0.05) is 18.2 Å². The van der Waals surface area contributed by atoms with E-state index in [0.29, 0.717) is 5.75 Å². The van der Waals surface area contributed by atoms with E-state index in [9.17, 15) is 36.4 Å². The largest absolute Gasteiger partial charge is 0.494 e. The highest BCUT2D eigenvalue weighted by molar-refractivity contribution is 6.07. The van der Waals surface area contributed by atoms with Crippen molar-refractivity contribution < 1.29 is 45.3 Å². The molecule has 1 aliphatic rings. The number of alkyl halides is 6. The van der Waals surface area contributed by atoms with E-state index in [0.717, 1.165) is 12.1 Å². The summed E-state index contributed by atoms with van der Waals surface area (Å²) in [5.41, 5.74) is -3.68. The maximum absolute atomic E-state index is 14.6. The van der Waals surface area contributed by atoms with Crippen LogP contribution in [0.15, 0.2) is 48.0 Å². The van der Waals surface area contributed by atoms with Crippen molar-refractivity contribution in [2.45, 2.75) is 37.2 Å². The predicted octanol–water partition coefficient (Wildman–Crippen LogP) is 5.68. The third-order valence-corrected chi connectivity index (χ3v) is 5.85. The van der Waals surface area contributed by atoms with Crippen molar-refractivity contribution in [2.75, 3.05) is 20.8 Å². The first-order chi connectivity index (χ1) is 17.3. The summed E-state index contributed by atoms with van der Waals surface area (Å²) in [5, 5.41) is 11.5. The molecule has 3 rings (SSSR count). The van der Waals surface area contributed by atoms with Crippen molar-refractivity contribution in [3.8, 4) is 23.3 Å². The molecule has 0 bridgehead atoms. The van der Waals surface area contributed by atoms with Gasteiger partial charge in [0.1, 0.15) is 17.4 Å². The van der Waals surface area contributed by atoms with E-state index < -0.39 is 42.2 Å². The van der Waals surface area contributed by atoms with E-state index >= 15 is 0 Å². The lowest BCUT2D eigenvalue weighted by Gasteiger charge is -2.40. The van der Waals surface area contributed by atoms with Crippen LogP contribution in [0.5, 0.6) is 17.2 Å². The van der Waals surface area contributed by atoms with Gasteiger partial charge in [-0.2, -0.15) is 31.6 Å². The van der Waals surface area contributed by atoms with E-state index in [1.165, 1.54) is 44.6 Å². The molecule has 0 radical (unpaired) electrons. The highest BCUT2D eigenvalue weighted by atomic mass is 19.4. The summed E-state index contributed by atoms with van der Waals surface area (Å²) >= 11 is 0. The molecule has 1 N–H and O–H groups in total. The number of amides is 1. The van der Waals surface area contributed by atoms with Gasteiger partial charge in [0, 0.05) is 12.8 Å². The maximum Gasteiger partial charge on any atom is 0.416 e. The number of hydrogen-bond acceptors (Lipinski definition) is 5. The van der Waals surface area contributed by atoms with Crippen molar-refractivity contribution in [1.82, 2.24) is 5.32 Å². The zero-order valence-corrected chi connectivity index (χ0v) is 19.7. The fraction of sp³-hybridized carbons (Fsp3) is 0.360. The van der Waals surface area contributed by atoms with Crippen LogP contribution in [0.4, 0.5) is 26.3 Å². The van der Waals surface area contributed by atoms with Crippen molar-refractivity contribution in [1.29, 1.82) is 5.26 Å². The molecule has 0 aliphatic carbocycles. The Balaban J connectivity index is 1.99. The van der Waals surface area contributed by atoms with Crippen LogP contribution in [0, 0.1) is 11.3 Å². The molecule has 6 nitrogen and oxygen atoms in total.